The van der Waals surface area contributed by atoms with Crippen LogP contribution in [0, 0.1) is 13.8 Å². The minimum absolute atomic E-state index is 0.0488. The summed E-state index contributed by atoms with van der Waals surface area (Å²) in [5.74, 6) is 1.20. The van der Waals surface area contributed by atoms with E-state index in [1.165, 1.54) is 6.20 Å². The van der Waals surface area contributed by atoms with Crippen LogP contribution in [0.2, 0.25) is 0 Å². The lowest BCUT2D eigenvalue weighted by Gasteiger charge is -2.23. The third kappa shape index (κ3) is 3.58. The summed E-state index contributed by atoms with van der Waals surface area (Å²) in [6, 6.07) is -0.0488. The predicted molar refractivity (Wildman–Crippen MR) is 80.6 cm³/mol. The van der Waals surface area contributed by atoms with Crippen molar-refractivity contribution < 1.29 is 13.7 Å². The van der Waals surface area contributed by atoms with Crippen molar-refractivity contribution in [3.05, 3.63) is 35.2 Å². The molecule has 0 aromatic carbocycles. The second kappa shape index (κ2) is 6.49. The topological polar surface area (TPSA) is 87.1 Å². The van der Waals surface area contributed by atoms with Crippen molar-refractivity contribution in [3.8, 4) is 0 Å². The monoisotopic (exact) mass is 321 g/mol. The Balaban J connectivity index is 1.59. The van der Waals surface area contributed by atoms with Crippen LogP contribution in [0.4, 0.5) is 4.39 Å². The summed E-state index contributed by atoms with van der Waals surface area (Å²) in [7, 11) is 0. The number of nitrogens with one attached hydrogen (secondary N) is 2. The third-order valence-electron chi connectivity index (χ3n) is 4.15. The summed E-state index contributed by atoms with van der Waals surface area (Å²) in [4.78, 5) is 21.0. The van der Waals surface area contributed by atoms with Gasteiger partial charge in [0.1, 0.15) is 23.5 Å². The highest BCUT2D eigenvalue weighted by Crippen LogP contribution is 2.23. The van der Waals surface area contributed by atoms with Crippen molar-refractivity contribution in [2.45, 2.75) is 39.0 Å². The van der Waals surface area contributed by atoms with Crippen LogP contribution in [0.1, 0.15) is 34.1 Å². The fraction of sp³-hybridized carbons (Fsp3) is 0.533. The fourth-order valence-electron chi connectivity index (χ4n) is 2.86. The van der Waals surface area contributed by atoms with E-state index in [0.717, 1.165) is 11.3 Å². The number of halogens is 1. The zero-order chi connectivity index (χ0) is 16.4. The Hall–Kier alpha value is -2.22. The quantitative estimate of drug-likeness (QED) is 0.868. The van der Waals surface area contributed by atoms with E-state index >= 15 is 0 Å². The average Bonchev–Trinajstić information content (AvgIpc) is 3.19. The molecule has 2 aromatic rings. The molecular weight excluding hydrogens is 301 g/mol. The summed E-state index contributed by atoms with van der Waals surface area (Å²) in [5.41, 5.74) is 1.36. The minimum atomic E-state index is -0.883. The van der Waals surface area contributed by atoms with Gasteiger partial charge in [0.05, 0.1) is 12.4 Å². The molecule has 0 bridgehead atoms. The highest BCUT2D eigenvalue weighted by molar-refractivity contribution is 5.92. The van der Waals surface area contributed by atoms with Gasteiger partial charge in [-0.2, -0.15) is 0 Å². The number of rotatable bonds is 5. The zero-order valence-electron chi connectivity index (χ0n) is 13.2. The third-order valence-corrected chi connectivity index (χ3v) is 4.15. The molecule has 3 heterocycles. The van der Waals surface area contributed by atoms with E-state index in [9.17, 15) is 9.18 Å². The van der Waals surface area contributed by atoms with Crippen LogP contribution in [-0.4, -0.2) is 51.2 Å². The molecule has 0 spiro atoms. The molecule has 1 amide bonds. The highest BCUT2D eigenvalue weighted by atomic mass is 19.1. The number of alkyl halides is 1. The molecule has 1 saturated heterocycles. The Morgan fingerprint density at radius 1 is 1.52 bits per heavy atom. The maximum atomic E-state index is 13.8. The number of H-pyrrole nitrogens is 1. The largest absolute Gasteiger partial charge is 0.361 e. The molecule has 3 rings (SSSR count). The first-order valence-electron chi connectivity index (χ1n) is 7.61. The molecule has 0 saturated carbocycles. The van der Waals surface area contributed by atoms with Crippen LogP contribution in [0.15, 0.2) is 16.9 Å². The minimum Gasteiger partial charge on any atom is -0.361 e. The summed E-state index contributed by atoms with van der Waals surface area (Å²) < 4.78 is 18.8. The Labute approximate surface area is 133 Å². The van der Waals surface area contributed by atoms with Gasteiger partial charge in [-0.15, -0.1) is 0 Å². The molecule has 7 nitrogen and oxygen atoms in total. The number of likely N-dealkylation sites (tertiary alicyclic amines) is 1. The van der Waals surface area contributed by atoms with Crippen LogP contribution < -0.4 is 5.32 Å². The first-order chi connectivity index (χ1) is 11.0. The first kappa shape index (κ1) is 15.7. The van der Waals surface area contributed by atoms with Crippen molar-refractivity contribution in [1.82, 2.24) is 25.3 Å². The number of hydrogen-bond acceptors (Lipinski definition) is 5. The average molecular weight is 321 g/mol. The number of aromatic amines is 1. The highest BCUT2D eigenvalue weighted by Gasteiger charge is 2.32. The normalized spacial score (nSPS) is 21.7. The lowest BCUT2D eigenvalue weighted by atomic mass is 10.2. The van der Waals surface area contributed by atoms with Crippen molar-refractivity contribution in [2.75, 3.05) is 13.1 Å². The summed E-state index contributed by atoms with van der Waals surface area (Å²) in [6.45, 7) is 4.93. The number of imidazole rings is 1. The van der Waals surface area contributed by atoms with Gasteiger partial charge in [-0.25, -0.2) is 9.37 Å². The lowest BCUT2D eigenvalue weighted by molar-refractivity contribution is 0.0935. The number of amides is 1. The molecule has 0 aliphatic carbocycles. The molecule has 2 atom stereocenters. The molecule has 124 valence electrons. The standard InChI is InChI=1S/C15H20FN5O2/c1-9-11(4-19-23-9)7-21-8-12(16)3-13(21)5-18-15(22)14-6-17-10(2)20-14/h4,6,12-13H,3,5,7-8H2,1-2H3,(H,17,20)(H,18,22)/t12-,13-/m0/s1. The van der Waals surface area contributed by atoms with Gasteiger partial charge in [0.25, 0.3) is 5.91 Å². The van der Waals surface area contributed by atoms with E-state index in [0.29, 0.717) is 37.6 Å². The van der Waals surface area contributed by atoms with Crippen molar-refractivity contribution >= 4 is 5.91 Å². The maximum Gasteiger partial charge on any atom is 0.269 e. The molecule has 1 aliphatic heterocycles. The van der Waals surface area contributed by atoms with Crippen LogP contribution in [0.3, 0.4) is 0 Å². The summed E-state index contributed by atoms with van der Waals surface area (Å²) >= 11 is 0. The van der Waals surface area contributed by atoms with Crippen LogP contribution in [-0.2, 0) is 6.54 Å². The SMILES string of the molecule is Cc1ncc(C(=O)NC[C@@H]2C[C@H](F)CN2Cc2cnoc2C)[nH]1. The lowest BCUT2D eigenvalue weighted by Crippen LogP contribution is -2.40. The van der Waals surface area contributed by atoms with E-state index in [1.54, 1.807) is 13.1 Å². The molecule has 1 aliphatic rings. The Kier molecular flexibility index (Phi) is 4.42. The van der Waals surface area contributed by atoms with Crippen molar-refractivity contribution in [2.24, 2.45) is 0 Å². The molecule has 0 unspecified atom stereocenters. The Morgan fingerprint density at radius 2 is 2.35 bits per heavy atom. The van der Waals surface area contributed by atoms with E-state index in [4.69, 9.17) is 4.52 Å². The summed E-state index contributed by atoms with van der Waals surface area (Å²) in [6.07, 6.45) is 2.68. The number of nitrogens with zero attached hydrogens (tertiary/aromatic N) is 3. The van der Waals surface area contributed by atoms with Crippen molar-refractivity contribution in [3.63, 3.8) is 0 Å². The van der Waals surface area contributed by atoms with Gasteiger partial charge in [0, 0.05) is 31.2 Å². The van der Waals surface area contributed by atoms with E-state index in [2.05, 4.69) is 20.4 Å². The zero-order valence-corrected chi connectivity index (χ0v) is 13.2. The molecule has 23 heavy (non-hydrogen) atoms. The summed E-state index contributed by atoms with van der Waals surface area (Å²) in [5, 5.41) is 6.59. The van der Waals surface area contributed by atoms with E-state index in [1.807, 2.05) is 11.8 Å². The Morgan fingerprint density at radius 3 is 3.00 bits per heavy atom. The maximum absolute atomic E-state index is 13.8. The fourth-order valence-corrected chi connectivity index (χ4v) is 2.86. The van der Waals surface area contributed by atoms with Gasteiger partial charge in [0.2, 0.25) is 0 Å². The number of hydrogen-bond donors (Lipinski definition) is 2. The second-order valence-corrected chi connectivity index (χ2v) is 5.92. The van der Waals surface area contributed by atoms with Gasteiger partial charge >= 0.3 is 0 Å². The van der Waals surface area contributed by atoms with Gasteiger partial charge in [-0.05, 0) is 20.3 Å². The first-order valence-corrected chi connectivity index (χ1v) is 7.61. The van der Waals surface area contributed by atoms with Crippen molar-refractivity contribution in [1.29, 1.82) is 0 Å². The van der Waals surface area contributed by atoms with Crippen LogP contribution >= 0.6 is 0 Å². The molecule has 2 aromatic heterocycles. The molecule has 1 fully saturated rings. The van der Waals surface area contributed by atoms with E-state index < -0.39 is 6.17 Å². The smallest absolute Gasteiger partial charge is 0.269 e. The molecule has 0 radical (unpaired) electrons. The number of carbonyl (C=O) groups is 1. The van der Waals surface area contributed by atoms with Crippen LogP contribution in [0.5, 0.6) is 0 Å². The van der Waals surface area contributed by atoms with Gasteiger partial charge in [0.15, 0.2) is 0 Å². The van der Waals surface area contributed by atoms with Gasteiger partial charge in [-0.3, -0.25) is 9.69 Å². The van der Waals surface area contributed by atoms with Gasteiger partial charge in [-0.1, -0.05) is 5.16 Å². The number of aryl methyl sites for hydroxylation is 2. The number of carbonyl (C=O) groups excluding carboxylic acids is 1. The molecule has 2 N–H and O–H groups in total. The van der Waals surface area contributed by atoms with Gasteiger partial charge < -0.3 is 14.8 Å². The molecule has 8 heteroatoms. The van der Waals surface area contributed by atoms with Crippen LogP contribution in [0.25, 0.3) is 0 Å². The number of aromatic nitrogens is 3. The second-order valence-electron chi connectivity index (χ2n) is 5.92. The molecular formula is C15H20FN5O2. The van der Waals surface area contributed by atoms with E-state index in [-0.39, 0.29) is 11.9 Å². The predicted octanol–water partition coefficient (Wildman–Crippen LogP) is 1.36. The Bertz CT molecular complexity index is 683.